The zero-order valence-electron chi connectivity index (χ0n) is 13.7. The number of rotatable bonds is 7. The predicted octanol–water partition coefficient (Wildman–Crippen LogP) is 3.54. The summed E-state index contributed by atoms with van der Waals surface area (Å²) in [5.41, 5.74) is 1.50. The van der Waals surface area contributed by atoms with Crippen molar-refractivity contribution in [2.45, 2.75) is 25.5 Å². The largest absolute Gasteiger partial charge is 0.433 e. The van der Waals surface area contributed by atoms with Gasteiger partial charge >= 0.3 is 6.61 Å². The maximum Gasteiger partial charge on any atom is 0.387 e. The molecular formula is C19H20F2N2O2. The molecule has 2 aromatic carbocycles. The van der Waals surface area contributed by atoms with E-state index in [1.165, 1.54) is 11.6 Å². The van der Waals surface area contributed by atoms with Gasteiger partial charge in [-0.15, -0.1) is 0 Å². The van der Waals surface area contributed by atoms with Crippen molar-refractivity contribution in [3.05, 3.63) is 60.2 Å². The Kier molecular flexibility index (Phi) is 5.60. The maximum atomic E-state index is 12.4. The second-order valence-corrected chi connectivity index (χ2v) is 6.03. The molecule has 1 amide bonds. The smallest absolute Gasteiger partial charge is 0.387 e. The van der Waals surface area contributed by atoms with E-state index < -0.39 is 6.61 Å². The highest BCUT2D eigenvalue weighted by atomic mass is 19.3. The molecule has 1 heterocycles. The van der Waals surface area contributed by atoms with E-state index in [1.807, 2.05) is 18.2 Å². The highest BCUT2D eigenvalue weighted by Crippen LogP contribution is 2.26. The molecule has 0 radical (unpaired) electrons. The maximum absolute atomic E-state index is 12.4. The Labute approximate surface area is 145 Å². The Hall–Kier alpha value is -2.47. The summed E-state index contributed by atoms with van der Waals surface area (Å²) in [4.78, 5) is 14.4. The van der Waals surface area contributed by atoms with Crippen molar-refractivity contribution in [2.24, 2.45) is 0 Å². The number of hydrogen-bond acceptors (Lipinski definition) is 3. The molecule has 0 unspecified atom stereocenters. The van der Waals surface area contributed by atoms with Crippen LogP contribution in [0, 0.1) is 0 Å². The number of likely N-dealkylation sites (tertiary alicyclic amines) is 1. The minimum atomic E-state index is -2.93. The van der Waals surface area contributed by atoms with Gasteiger partial charge in [0.25, 0.3) is 0 Å². The Balaban J connectivity index is 1.54. The van der Waals surface area contributed by atoms with Crippen LogP contribution in [-0.2, 0) is 11.2 Å². The molecule has 3 rings (SSSR count). The van der Waals surface area contributed by atoms with Crippen LogP contribution in [0.15, 0.2) is 54.6 Å². The SMILES string of the molecule is O=C(CN1CC[C@@H]1Cc1ccccc1)Nc1ccccc1OC(F)F. The van der Waals surface area contributed by atoms with Gasteiger partial charge < -0.3 is 10.1 Å². The van der Waals surface area contributed by atoms with Crippen LogP contribution in [0.2, 0.25) is 0 Å². The molecule has 0 saturated carbocycles. The van der Waals surface area contributed by atoms with Crippen LogP contribution in [0.4, 0.5) is 14.5 Å². The van der Waals surface area contributed by atoms with Crippen LogP contribution in [0.25, 0.3) is 0 Å². The molecule has 1 fully saturated rings. The fourth-order valence-corrected chi connectivity index (χ4v) is 2.96. The average molecular weight is 346 g/mol. The minimum absolute atomic E-state index is 0.0321. The molecule has 25 heavy (non-hydrogen) atoms. The number of nitrogens with zero attached hydrogens (tertiary/aromatic N) is 1. The molecule has 6 heteroatoms. The van der Waals surface area contributed by atoms with Crippen LogP contribution in [-0.4, -0.2) is 36.5 Å². The Morgan fingerprint density at radius 2 is 1.88 bits per heavy atom. The van der Waals surface area contributed by atoms with Crippen LogP contribution < -0.4 is 10.1 Å². The lowest BCUT2D eigenvalue weighted by molar-refractivity contribution is -0.119. The highest BCUT2D eigenvalue weighted by Gasteiger charge is 2.29. The van der Waals surface area contributed by atoms with Gasteiger partial charge in [-0.3, -0.25) is 9.69 Å². The van der Waals surface area contributed by atoms with E-state index in [1.54, 1.807) is 18.2 Å². The van der Waals surface area contributed by atoms with Crippen molar-refractivity contribution in [3.63, 3.8) is 0 Å². The predicted molar refractivity (Wildman–Crippen MR) is 91.8 cm³/mol. The highest BCUT2D eigenvalue weighted by molar-refractivity contribution is 5.93. The molecule has 0 aliphatic carbocycles. The molecule has 1 atom stereocenters. The first-order chi connectivity index (χ1) is 12.1. The van der Waals surface area contributed by atoms with Gasteiger partial charge in [0.1, 0.15) is 5.75 Å². The zero-order valence-corrected chi connectivity index (χ0v) is 13.7. The molecule has 0 bridgehead atoms. The van der Waals surface area contributed by atoms with Crippen molar-refractivity contribution in [1.82, 2.24) is 4.90 Å². The van der Waals surface area contributed by atoms with Gasteiger partial charge in [0, 0.05) is 12.6 Å². The molecule has 2 aromatic rings. The summed E-state index contributed by atoms with van der Waals surface area (Å²) in [7, 11) is 0. The molecular weight excluding hydrogens is 326 g/mol. The van der Waals surface area contributed by atoms with Crippen molar-refractivity contribution >= 4 is 11.6 Å². The Bertz CT molecular complexity index is 710. The third-order valence-electron chi connectivity index (χ3n) is 4.30. The van der Waals surface area contributed by atoms with Crippen LogP contribution in [0.3, 0.4) is 0 Å². The Morgan fingerprint density at radius 3 is 2.56 bits per heavy atom. The van der Waals surface area contributed by atoms with Gasteiger partial charge in [-0.25, -0.2) is 0 Å². The molecule has 4 nitrogen and oxygen atoms in total. The van der Waals surface area contributed by atoms with Crippen molar-refractivity contribution in [2.75, 3.05) is 18.4 Å². The normalized spacial score (nSPS) is 17.2. The van der Waals surface area contributed by atoms with Gasteiger partial charge in [0.05, 0.1) is 12.2 Å². The third-order valence-corrected chi connectivity index (χ3v) is 4.30. The van der Waals surface area contributed by atoms with Crippen LogP contribution >= 0.6 is 0 Å². The summed E-state index contributed by atoms with van der Waals surface area (Å²) in [6.45, 7) is -1.83. The number of para-hydroxylation sites is 2. The van der Waals surface area contributed by atoms with Crippen LogP contribution in [0.5, 0.6) is 5.75 Å². The fourth-order valence-electron chi connectivity index (χ4n) is 2.96. The quantitative estimate of drug-likeness (QED) is 0.834. The van der Waals surface area contributed by atoms with E-state index in [-0.39, 0.29) is 23.9 Å². The standard InChI is InChI=1S/C19H20F2N2O2/c20-19(21)25-17-9-5-4-8-16(17)22-18(24)13-23-11-10-15(23)12-14-6-2-1-3-7-14/h1-9,15,19H,10-13H2,(H,22,24)/t15-/m1/s1. The monoisotopic (exact) mass is 346 g/mol. The van der Waals surface area contributed by atoms with Gasteiger partial charge in [0.15, 0.2) is 0 Å². The molecule has 1 aliphatic rings. The summed E-state index contributed by atoms with van der Waals surface area (Å²) < 4.78 is 29.3. The Morgan fingerprint density at radius 1 is 1.16 bits per heavy atom. The molecule has 1 N–H and O–H groups in total. The fraction of sp³-hybridized carbons (Fsp3) is 0.316. The van der Waals surface area contributed by atoms with E-state index in [9.17, 15) is 13.6 Å². The molecule has 1 aliphatic heterocycles. The molecule has 132 valence electrons. The summed E-state index contributed by atoms with van der Waals surface area (Å²) in [5, 5.41) is 2.66. The van der Waals surface area contributed by atoms with E-state index in [4.69, 9.17) is 0 Å². The summed E-state index contributed by atoms with van der Waals surface area (Å²) in [6.07, 6.45) is 1.95. The number of nitrogens with one attached hydrogen (secondary N) is 1. The van der Waals surface area contributed by atoms with Gasteiger partial charge in [-0.05, 0) is 30.5 Å². The number of amides is 1. The number of carbonyl (C=O) groups excluding carboxylic acids is 1. The molecule has 0 spiro atoms. The zero-order chi connectivity index (χ0) is 17.6. The topological polar surface area (TPSA) is 41.6 Å². The van der Waals surface area contributed by atoms with E-state index in [0.717, 1.165) is 19.4 Å². The van der Waals surface area contributed by atoms with E-state index in [2.05, 4.69) is 27.1 Å². The number of ether oxygens (including phenoxy) is 1. The van der Waals surface area contributed by atoms with Gasteiger partial charge in [0.2, 0.25) is 5.91 Å². The lowest BCUT2D eigenvalue weighted by Crippen LogP contribution is -2.51. The first kappa shape index (κ1) is 17.4. The summed E-state index contributed by atoms with van der Waals surface area (Å²) in [5.74, 6) is -0.265. The summed E-state index contributed by atoms with van der Waals surface area (Å²) >= 11 is 0. The van der Waals surface area contributed by atoms with Crippen molar-refractivity contribution < 1.29 is 18.3 Å². The third kappa shape index (κ3) is 4.76. The number of hydrogen-bond donors (Lipinski definition) is 1. The first-order valence-electron chi connectivity index (χ1n) is 8.23. The van der Waals surface area contributed by atoms with E-state index >= 15 is 0 Å². The van der Waals surface area contributed by atoms with Gasteiger partial charge in [-0.2, -0.15) is 8.78 Å². The molecule has 1 saturated heterocycles. The summed E-state index contributed by atoms with van der Waals surface area (Å²) in [6, 6.07) is 16.7. The second kappa shape index (κ2) is 8.07. The average Bonchev–Trinajstić information content (AvgIpc) is 2.59. The number of benzene rings is 2. The number of alkyl halides is 2. The second-order valence-electron chi connectivity index (χ2n) is 6.03. The lowest BCUT2D eigenvalue weighted by Gasteiger charge is -2.40. The number of carbonyl (C=O) groups is 1. The number of anilines is 1. The van der Waals surface area contributed by atoms with Crippen molar-refractivity contribution in [1.29, 1.82) is 0 Å². The first-order valence-corrected chi connectivity index (χ1v) is 8.23. The number of halogens is 2. The van der Waals surface area contributed by atoms with Gasteiger partial charge in [-0.1, -0.05) is 42.5 Å². The van der Waals surface area contributed by atoms with E-state index in [0.29, 0.717) is 6.04 Å². The molecule has 0 aromatic heterocycles. The van der Waals surface area contributed by atoms with Crippen LogP contribution in [0.1, 0.15) is 12.0 Å². The van der Waals surface area contributed by atoms with Crippen molar-refractivity contribution in [3.8, 4) is 5.75 Å². The minimum Gasteiger partial charge on any atom is -0.433 e. The lowest BCUT2D eigenvalue weighted by atomic mass is 9.95.